The minimum absolute atomic E-state index is 0.146. The monoisotopic (exact) mass is 1120 g/mol. The van der Waals surface area contributed by atoms with Gasteiger partial charge >= 0.3 is 12.7 Å². The van der Waals surface area contributed by atoms with Gasteiger partial charge in [0.2, 0.25) is 0 Å². The van der Waals surface area contributed by atoms with E-state index < -0.39 is 23.6 Å². The van der Waals surface area contributed by atoms with E-state index in [1.165, 1.54) is 24.3 Å². The summed E-state index contributed by atoms with van der Waals surface area (Å²) >= 11 is 0. The van der Waals surface area contributed by atoms with Crippen LogP contribution in [0.2, 0.25) is 0 Å². The molecule has 0 saturated carbocycles. The molecule has 14 rings (SSSR count). The second kappa shape index (κ2) is 19.1. The number of rotatable bonds is 10. The Morgan fingerprint density at radius 3 is 1.08 bits per heavy atom. The number of furan rings is 2. The summed E-state index contributed by atoms with van der Waals surface area (Å²) in [4.78, 5) is 4.03. The Balaban J connectivity index is 1.05. The topological polar surface area (TPSA) is 51.2 Å². The van der Waals surface area contributed by atoms with Gasteiger partial charge in [0.05, 0.1) is 16.8 Å². The molecule has 12 aromatic rings. The molecule has 1 spiro atoms. The van der Waals surface area contributed by atoms with Gasteiger partial charge < -0.3 is 28.1 Å². The summed E-state index contributed by atoms with van der Waals surface area (Å²) in [6.07, 6.45) is -9.81. The number of ether oxygens (including phenoxy) is 2. The number of anilines is 6. The van der Waals surface area contributed by atoms with Crippen molar-refractivity contribution < 1.29 is 44.7 Å². The fourth-order valence-electron chi connectivity index (χ4n) is 13.5. The molecule has 6 nitrogen and oxygen atoms in total. The lowest BCUT2D eigenvalue weighted by molar-refractivity contribution is -0.275. The van der Waals surface area contributed by atoms with Gasteiger partial charge in [-0.1, -0.05) is 163 Å². The van der Waals surface area contributed by atoms with Gasteiger partial charge in [0.25, 0.3) is 0 Å². The molecular formula is C72H54F6N2O4. The minimum Gasteiger partial charge on any atom is -0.454 e. The van der Waals surface area contributed by atoms with Crippen molar-refractivity contribution in [3.8, 4) is 22.6 Å². The first-order chi connectivity index (χ1) is 40.3. The summed E-state index contributed by atoms with van der Waals surface area (Å²) in [5, 5.41) is 3.62. The van der Waals surface area contributed by atoms with E-state index in [0.29, 0.717) is 45.3 Å². The molecule has 418 valence electrons. The highest BCUT2D eigenvalue weighted by Crippen LogP contribution is 2.64. The van der Waals surface area contributed by atoms with Crippen LogP contribution in [0.1, 0.15) is 97.9 Å². The van der Waals surface area contributed by atoms with Crippen LogP contribution in [0.25, 0.3) is 55.0 Å². The summed E-state index contributed by atoms with van der Waals surface area (Å²) in [6.45, 7) is 13.0. The molecule has 0 atom stereocenters. The average molecular weight is 1130 g/mol. The Hall–Kier alpha value is -9.42. The third-order valence-electron chi connectivity index (χ3n) is 17.1. The molecule has 0 bridgehead atoms. The molecule has 0 unspecified atom stereocenters. The number of benzene rings is 10. The number of nitrogens with zero attached hydrogens (tertiary/aromatic N) is 2. The molecule has 0 aliphatic heterocycles. The molecule has 2 aromatic heterocycles. The normalized spacial score (nSPS) is 14.1. The highest BCUT2D eigenvalue weighted by molar-refractivity contribution is 6.13. The zero-order valence-corrected chi connectivity index (χ0v) is 46.6. The minimum atomic E-state index is -4.90. The summed E-state index contributed by atoms with van der Waals surface area (Å²) in [6, 6.07) is 65.9. The SMILES string of the molecule is CC(C)c1cccc2c1oc1c(N(c3ccc(OC(F)(F)F)cc3)c3ccc4c(c3)-c3cc(N(c5ccc(OC(F)(F)F)cc5)c5cccc6c5oc5c(C(C)C)cccc56)ccc3C43c4ccccc4C(C)(C)c4ccccc43)cccc12. The lowest BCUT2D eigenvalue weighted by Crippen LogP contribution is -2.40. The maximum absolute atomic E-state index is 13.7. The summed E-state index contributed by atoms with van der Waals surface area (Å²) < 4.78 is 105. The first-order valence-corrected chi connectivity index (χ1v) is 28.0. The number of alkyl halides is 6. The molecular weight excluding hydrogens is 1070 g/mol. The summed E-state index contributed by atoms with van der Waals surface area (Å²) in [5.74, 6) is -0.439. The number of fused-ring (bicyclic) bond motifs is 15. The largest absolute Gasteiger partial charge is 0.573 e. The molecule has 0 radical (unpaired) electrons. The Bertz CT molecular complexity index is 4300. The van der Waals surface area contributed by atoms with Crippen molar-refractivity contribution >= 4 is 78.0 Å². The summed E-state index contributed by atoms with van der Waals surface area (Å²) in [7, 11) is 0. The maximum atomic E-state index is 13.7. The molecule has 2 heterocycles. The third kappa shape index (κ3) is 8.23. The second-order valence-electron chi connectivity index (χ2n) is 22.9. The van der Waals surface area contributed by atoms with Crippen molar-refractivity contribution in [3.05, 3.63) is 251 Å². The van der Waals surface area contributed by atoms with Crippen molar-refractivity contribution in [2.45, 2.75) is 76.9 Å². The third-order valence-corrected chi connectivity index (χ3v) is 17.1. The zero-order valence-electron chi connectivity index (χ0n) is 46.6. The highest BCUT2D eigenvalue weighted by Gasteiger charge is 2.53. The first kappa shape index (κ1) is 52.6. The second-order valence-corrected chi connectivity index (χ2v) is 22.9. The van der Waals surface area contributed by atoms with E-state index in [1.807, 2.05) is 70.5 Å². The van der Waals surface area contributed by atoms with Crippen molar-refractivity contribution in [1.29, 1.82) is 0 Å². The van der Waals surface area contributed by atoms with Crippen LogP contribution in [-0.2, 0) is 10.8 Å². The van der Waals surface area contributed by atoms with Gasteiger partial charge in [-0.15, -0.1) is 26.3 Å². The molecule has 0 saturated heterocycles. The fraction of sp³-hybridized carbons (Fsp3) is 0.167. The number of hydrogen-bond donors (Lipinski definition) is 0. The molecule has 10 aromatic carbocycles. The average Bonchev–Trinajstić information content (AvgIpc) is 1.45. The number of halogens is 6. The maximum Gasteiger partial charge on any atom is 0.573 e. The van der Waals surface area contributed by atoms with Crippen LogP contribution >= 0.6 is 0 Å². The highest BCUT2D eigenvalue weighted by atomic mass is 19.4. The first-order valence-electron chi connectivity index (χ1n) is 28.0. The van der Waals surface area contributed by atoms with E-state index in [0.717, 1.165) is 88.3 Å². The molecule has 2 aliphatic carbocycles. The molecule has 0 fully saturated rings. The van der Waals surface area contributed by atoms with Crippen molar-refractivity contribution in [1.82, 2.24) is 0 Å². The van der Waals surface area contributed by atoms with E-state index in [9.17, 15) is 26.3 Å². The Morgan fingerprint density at radius 1 is 0.369 bits per heavy atom. The quantitative estimate of drug-likeness (QED) is 0.127. The predicted octanol–water partition coefficient (Wildman–Crippen LogP) is 21.5. The van der Waals surface area contributed by atoms with Gasteiger partial charge in [-0.2, -0.15) is 0 Å². The van der Waals surface area contributed by atoms with E-state index in [2.05, 4.69) is 148 Å². The van der Waals surface area contributed by atoms with Crippen molar-refractivity contribution in [3.63, 3.8) is 0 Å². The number of para-hydroxylation sites is 4. The lowest BCUT2D eigenvalue weighted by Gasteiger charge is -2.46. The van der Waals surface area contributed by atoms with Gasteiger partial charge in [-0.3, -0.25) is 0 Å². The van der Waals surface area contributed by atoms with Crippen molar-refractivity contribution in [2.24, 2.45) is 0 Å². The standard InChI is InChI=1S/C72H54F6N2O4/c1-41(2)49-15-11-17-51-53-19-13-25-63(67(53)81-65(49)51)79(43-27-33-47(34-28-43)83-71(73,74)75)45-31-37-57-55(39-45)56-40-46(32-38-58(56)70(57)61-23-9-7-21-59(61)69(5,6)60-22-8-10-24-62(60)70)80(44-29-35-48(36-30-44)84-72(76,77)78)64-26-14-20-54-52-18-12-16-50(42(3)4)66(52)82-68(54)64/h7-42H,1-6H3. The van der Waals surface area contributed by atoms with Crippen LogP contribution in [0.5, 0.6) is 11.5 Å². The van der Waals surface area contributed by atoms with E-state index >= 15 is 0 Å². The van der Waals surface area contributed by atoms with E-state index in [4.69, 9.17) is 8.83 Å². The zero-order chi connectivity index (χ0) is 58.2. The van der Waals surface area contributed by atoms with Crippen LogP contribution in [0.4, 0.5) is 60.5 Å². The van der Waals surface area contributed by atoms with Crippen LogP contribution in [0.15, 0.2) is 215 Å². The fourth-order valence-corrected chi connectivity index (χ4v) is 13.5. The molecule has 0 amide bonds. The number of hydrogen-bond acceptors (Lipinski definition) is 6. The van der Waals surface area contributed by atoms with Crippen molar-refractivity contribution in [2.75, 3.05) is 9.80 Å². The van der Waals surface area contributed by atoms with Crippen LogP contribution in [0, 0.1) is 0 Å². The molecule has 84 heavy (non-hydrogen) atoms. The molecule has 12 heteroatoms. The molecule has 2 aliphatic rings. The van der Waals surface area contributed by atoms with Crippen LogP contribution < -0.4 is 19.3 Å². The van der Waals surface area contributed by atoms with Crippen LogP contribution in [0.3, 0.4) is 0 Å². The van der Waals surface area contributed by atoms with Gasteiger partial charge in [0.1, 0.15) is 22.7 Å². The van der Waals surface area contributed by atoms with Gasteiger partial charge in [-0.25, -0.2) is 0 Å². The van der Waals surface area contributed by atoms with Gasteiger partial charge in [-0.05, 0) is 152 Å². The van der Waals surface area contributed by atoms with E-state index in [-0.39, 0.29) is 23.3 Å². The Labute approximate surface area is 480 Å². The Kier molecular flexibility index (Phi) is 11.9. The molecule has 0 N–H and O–H groups in total. The lowest BCUT2D eigenvalue weighted by atomic mass is 9.55. The predicted molar refractivity (Wildman–Crippen MR) is 321 cm³/mol. The van der Waals surface area contributed by atoms with E-state index in [1.54, 1.807) is 24.3 Å². The summed E-state index contributed by atoms with van der Waals surface area (Å²) in [5.41, 5.74) is 15.6. The Morgan fingerprint density at radius 2 is 0.714 bits per heavy atom. The smallest absolute Gasteiger partial charge is 0.454 e. The van der Waals surface area contributed by atoms with Gasteiger partial charge in [0.15, 0.2) is 11.2 Å². The van der Waals surface area contributed by atoms with Gasteiger partial charge in [0, 0.05) is 49.7 Å². The van der Waals surface area contributed by atoms with Crippen LogP contribution in [-0.4, -0.2) is 12.7 Å².